The minimum Gasteiger partial charge on any atom is -0.481 e. The van der Waals surface area contributed by atoms with E-state index in [9.17, 15) is 78.0 Å². The van der Waals surface area contributed by atoms with Crippen molar-refractivity contribution >= 4 is 77.0 Å². The van der Waals surface area contributed by atoms with Crippen LogP contribution in [0.15, 0.2) is 30.3 Å². The molecule has 10 atom stereocenters. The van der Waals surface area contributed by atoms with Crippen molar-refractivity contribution in [1.82, 2.24) is 47.9 Å². The molecule has 448 valence electrons. The number of carboxylic acid groups (broad SMARTS) is 3. The van der Waals surface area contributed by atoms with E-state index >= 15 is 0 Å². The van der Waals surface area contributed by atoms with E-state index in [1.54, 1.807) is 58.0 Å². The molecule has 0 saturated heterocycles. The first-order chi connectivity index (χ1) is 37.6. The lowest BCUT2D eigenvalue weighted by atomic mass is 9.99. The van der Waals surface area contributed by atoms with Gasteiger partial charge in [-0.3, -0.25) is 58.1 Å². The van der Waals surface area contributed by atoms with E-state index in [2.05, 4.69) is 47.9 Å². The van der Waals surface area contributed by atoms with Crippen molar-refractivity contribution in [3.63, 3.8) is 0 Å². The zero-order chi connectivity index (χ0) is 60.6. The summed E-state index contributed by atoms with van der Waals surface area (Å²) in [6, 6.07) is -5.82. The Morgan fingerprint density at radius 2 is 0.988 bits per heavy atom. The lowest BCUT2D eigenvalue weighted by Crippen LogP contribution is -2.61. The molecule has 0 aromatic heterocycles. The minimum absolute atomic E-state index is 0.0109. The molecule has 0 bridgehead atoms. The molecular formula is C50H82N14O16. The Kier molecular flexibility index (Phi) is 32.4. The summed E-state index contributed by atoms with van der Waals surface area (Å²) < 4.78 is 0. The van der Waals surface area contributed by atoms with Gasteiger partial charge in [-0.2, -0.15) is 0 Å². The molecule has 0 aliphatic carbocycles. The Balaban J connectivity index is 3.57. The number of carbonyl (C=O) groups excluding carboxylic acids is 9. The average molecular weight is 1140 g/mol. The number of aliphatic carboxylic acids is 3. The first kappa shape index (κ1) is 70.0. The summed E-state index contributed by atoms with van der Waals surface area (Å²) in [4.78, 5) is 157. The molecule has 10 unspecified atom stereocenters. The summed E-state index contributed by atoms with van der Waals surface area (Å²) in [6.07, 6.45) is -2.67. The average Bonchev–Trinajstić information content (AvgIpc) is 3.39. The first-order valence-corrected chi connectivity index (χ1v) is 26.2. The number of hydrogen-bond donors (Lipinski definition) is 18. The van der Waals surface area contributed by atoms with Gasteiger partial charge in [0.15, 0.2) is 5.96 Å². The van der Waals surface area contributed by atoms with Gasteiger partial charge in [-0.25, -0.2) is 4.79 Å². The molecule has 1 aromatic rings. The second-order valence-electron chi connectivity index (χ2n) is 19.5. The van der Waals surface area contributed by atoms with Crippen molar-refractivity contribution in [2.24, 2.45) is 34.8 Å². The van der Waals surface area contributed by atoms with Gasteiger partial charge in [0.25, 0.3) is 0 Å². The van der Waals surface area contributed by atoms with Crippen LogP contribution in [-0.4, -0.2) is 172 Å². The number of primary amides is 1. The Bertz CT molecular complexity index is 2270. The van der Waals surface area contributed by atoms with Crippen molar-refractivity contribution in [1.29, 1.82) is 5.41 Å². The van der Waals surface area contributed by atoms with Gasteiger partial charge < -0.3 is 91.2 Å². The second kappa shape index (κ2) is 37.0. The standard InChI is InChI=1S/C50H82N14O16/c1-5-27(4)40(53)48(78)62-34(24-39(69)70)46(76)64-36(25-65)47(77)58-29(14-9-10-20-51)42(72)61-33(22-26(2)3)45(75)57-30(15-11-21-56-50(54)55)41(71)60-32(17-19-38(67)68)43(73)59-31(16-18-37(52)66)44(74)63-35(49(79)80)23-28-12-7-6-8-13-28/h6-8,12-13,26-27,29-36,40,65H,5,9-11,14-25,51,53H2,1-4H3,(H2,52,66)(H,57,75)(H,58,77)(H,59,73)(H,60,71)(H,61,72)(H,62,78)(H,63,74)(H,64,76)(H,67,68)(H,69,70)(H,79,80)(H4,54,55,56). The van der Waals surface area contributed by atoms with Gasteiger partial charge in [0, 0.05) is 25.8 Å². The van der Waals surface area contributed by atoms with Crippen LogP contribution in [0.5, 0.6) is 0 Å². The maximum absolute atomic E-state index is 14.3. The Labute approximate surface area is 463 Å². The van der Waals surface area contributed by atoms with E-state index in [1.807, 2.05) is 0 Å². The fourth-order valence-corrected chi connectivity index (χ4v) is 7.67. The fraction of sp³-hybridized carbons (Fsp3) is 0.620. The van der Waals surface area contributed by atoms with Crippen LogP contribution >= 0.6 is 0 Å². The highest BCUT2D eigenvalue weighted by atomic mass is 16.4. The number of benzene rings is 1. The number of amides is 9. The predicted molar refractivity (Wildman–Crippen MR) is 287 cm³/mol. The van der Waals surface area contributed by atoms with Crippen LogP contribution in [0, 0.1) is 17.2 Å². The maximum Gasteiger partial charge on any atom is 0.326 e. The largest absolute Gasteiger partial charge is 0.481 e. The summed E-state index contributed by atoms with van der Waals surface area (Å²) in [5, 5.41) is 68.3. The van der Waals surface area contributed by atoms with Gasteiger partial charge in [-0.15, -0.1) is 0 Å². The Hall–Kier alpha value is -7.99. The number of nitrogens with two attached hydrogens (primary N) is 4. The lowest BCUT2D eigenvalue weighted by Gasteiger charge is -2.28. The summed E-state index contributed by atoms with van der Waals surface area (Å²) in [5.74, 6) is -14.7. The van der Waals surface area contributed by atoms with Crippen molar-refractivity contribution in [2.75, 3.05) is 19.7 Å². The molecular weight excluding hydrogens is 1050 g/mol. The van der Waals surface area contributed by atoms with E-state index in [4.69, 9.17) is 28.3 Å². The summed E-state index contributed by atoms with van der Waals surface area (Å²) in [5.41, 5.74) is 22.9. The number of carbonyl (C=O) groups is 12. The van der Waals surface area contributed by atoms with Crippen molar-refractivity contribution in [2.45, 2.75) is 166 Å². The summed E-state index contributed by atoms with van der Waals surface area (Å²) in [7, 11) is 0. The molecule has 0 fully saturated rings. The van der Waals surface area contributed by atoms with E-state index in [0.717, 1.165) is 0 Å². The fourth-order valence-electron chi connectivity index (χ4n) is 7.67. The number of guanidine groups is 1. The smallest absolute Gasteiger partial charge is 0.326 e. The third-order valence-electron chi connectivity index (χ3n) is 12.4. The highest BCUT2D eigenvalue weighted by molar-refractivity contribution is 5.99. The second-order valence-corrected chi connectivity index (χ2v) is 19.5. The number of rotatable bonds is 40. The van der Waals surface area contributed by atoms with Gasteiger partial charge in [0.05, 0.1) is 19.1 Å². The van der Waals surface area contributed by atoms with Crippen molar-refractivity contribution in [3.8, 4) is 0 Å². The van der Waals surface area contributed by atoms with Crippen LogP contribution in [0.3, 0.4) is 0 Å². The molecule has 22 N–H and O–H groups in total. The summed E-state index contributed by atoms with van der Waals surface area (Å²) >= 11 is 0. The molecule has 1 rings (SSSR count). The zero-order valence-corrected chi connectivity index (χ0v) is 45.5. The third-order valence-corrected chi connectivity index (χ3v) is 12.4. The van der Waals surface area contributed by atoms with Crippen LogP contribution in [0.2, 0.25) is 0 Å². The van der Waals surface area contributed by atoms with Crippen molar-refractivity contribution < 1.29 is 78.0 Å². The van der Waals surface area contributed by atoms with E-state index in [-0.39, 0.29) is 63.5 Å². The number of carboxylic acids is 3. The molecule has 0 saturated carbocycles. The molecule has 0 spiro atoms. The van der Waals surface area contributed by atoms with E-state index in [0.29, 0.717) is 18.4 Å². The SMILES string of the molecule is CCC(C)C(N)C(=O)NC(CC(=O)O)C(=O)NC(CO)C(=O)NC(CCCCN)C(=O)NC(CC(C)C)C(=O)NC(CCCNC(=N)N)C(=O)NC(CCC(=O)O)C(=O)NC(CCC(N)=O)C(=O)NC(Cc1ccccc1)C(=O)O. The quantitative estimate of drug-likeness (QED) is 0.0168. The van der Waals surface area contributed by atoms with Crippen molar-refractivity contribution in [3.05, 3.63) is 35.9 Å². The number of aliphatic hydroxyl groups excluding tert-OH is 1. The van der Waals surface area contributed by atoms with Gasteiger partial charge in [-0.05, 0) is 75.3 Å². The predicted octanol–water partition coefficient (Wildman–Crippen LogP) is -4.40. The molecule has 30 heteroatoms. The molecule has 0 aliphatic rings. The van der Waals surface area contributed by atoms with Gasteiger partial charge in [0.2, 0.25) is 53.2 Å². The number of nitrogens with one attached hydrogen (secondary N) is 10. The van der Waals surface area contributed by atoms with Gasteiger partial charge in [-0.1, -0.05) is 64.4 Å². The number of hydrogen-bond acceptors (Lipinski definition) is 16. The molecule has 80 heavy (non-hydrogen) atoms. The Morgan fingerprint density at radius 3 is 1.44 bits per heavy atom. The highest BCUT2D eigenvalue weighted by Crippen LogP contribution is 2.12. The van der Waals surface area contributed by atoms with Gasteiger partial charge in [0.1, 0.15) is 48.3 Å². The zero-order valence-electron chi connectivity index (χ0n) is 45.5. The minimum atomic E-state index is -1.80. The highest BCUT2D eigenvalue weighted by Gasteiger charge is 2.36. The monoisotopic (exact) mass is 1130 g/mol. The number of aliphatic hydroxyl groups is 1. The molecule has 1 aromatic carbocycles. The maximum atomic E-state index is 14.3. The molecule has 0 aliphatic heterocycles. The van der Waals surface area contributed by atoms with Crippen LogP contribution in [0.1, 0.15) is 110 Å². The third kappa shape index (κ3) is 27.5. The molecule has 30 nitrogen and oxygen atoms in total. The Morgan fingerprint density at radius 1 is 0.550 bits per heavy atom. The van der Waals surface area contributed by atoms with E-state index < -0.39 is 170 Å². The molecule has 0 heterocycles. The first-order valence-electron chi connectivity index (χ1n) is 26.2. The van der Waals surface area contributed by atoms with E-state index in [1.165, 1.54) is 0 Å². The normalized spacial score (nSPS) is 14.8. The lowest BCUT2D eigenvalue weighted by molar-refractivity contribution is -0.142. The number of unbranched alkanes of at least 4 members (excludes halogenated alkanes) is 1. The topological polar surface area (TPSA) is 522 Å². The van der Waals surface area contributed by atoms with Crippen LogP contribution in [0.4, 0.5) is 0 Å². The summed E-state index contributed by atoms with van der Waals surface area (Å²) in [6.45, 7) is 5.92. The molecule has 9 amide bonds. The van der Waals surface area contributed by atoms with Gasteiger partial charge >= 0.3 is 17.9 Å². The van der Waals surface area contributed by atoms with Crippen LogP contribution in [0.25, 0.3) is 0 Å². The molecule has 0 radical (unpaired) electrons. The van der Waals surface area contributed by atoms with Crippen LogP contribution in [-0.2, 0) is 64.0 Å². The van der Waals surface area contributed by atoms with Crippen LogP contribution < -0.4 is 70.8 Å².